The lowest BCUT2D eigenvalue weighted by molar-refractivity contribution is 0.0977. The van der Waals surface area contributed by atoms with Gasteiger partial charge in [-0.05, 0) is 60.7 Å². The number of rotatable bonds is 5. The number of ether oxygens (including phenoxy) is 2. The van der Waals surface area contributed by atoms with Gasteiger partial charge < -0.3 is 14.8 Å². The summed E-state index contributed by atoms with van der Waals surface area (Å²) in [5.41, 5.74) is 3.15. The van der Waals surface area contributed by atoms with Crippen LogP contribution in [-0.4, -0.2) is 30.2 Å². The highest BCUT2D eigenvalue weighted by atomic mass is 32.1. The molecule has 8 heteroatoms. The van der Waals surface area contributed by atoms with E-state index in [0.717, 1.165) is 26.5 Å². The van der Waals surface area contributed by atoms with E-state index in [1.54, 1.807) is 29.5 Å². The minimum absolute atomic E-state index is 0.194. The maximum atomic E-state index is 12.5. The quantitative estimate of drug-likeness (QED) is 0.413. The molecule has 0 aliphatic rings. The van der Waals surface area contributed by atoms with Gasteiger partial charge in [0, 0.05) is 22.9 Å². The largest absolute Gasteiger partial charge is 0.497 e. The molecule has 3 aromatic carbocycles. The summed E-state index contributed by atoms with van der Waals surface area (Å²) in [6.07, 6.45) is 0. The van der Waals surface area contributed by atoms with Crippen molar-refractivity contribution < 1.29 is 14.3 Å². The Balaban J connectivity index is 1.42. The molecule has 1 aromatic heterocycles. The van der Waals surface area contributed by atoms with Gasteiger partial charge in [0.1, 0.15) is 16.5 Å². The molecule has 156 valence electrons. The summed E-state index contributed by atoms with van der Waals surface area (Å²) in [7, 11) is 3.06. The third-order valence-electron chi connectivity index (χ3n) is 4.52. The van der Waals surface area contributed by atoms with Crippen molar-refractivity contribution in [2.45, 2.75) is 0 Å². The highest BCUT2D eigenvalue weighted by molar-refractivity contribution is 7.80. The molecule has 0 aliphatic carbocycles. The van der Waals surface area contributed by atoms with Crippen molar-refractivity contribution in [2.75, 3.05) is 19.5 Å². The summed E-state index contributed by atoms with van der Waals surface area (Å²) < 4.78 is 11.6. The van der Waals surface area contributed by atoms with Gasteiger partial charge in [-0.15, -0.1) is 11.3 Å². The van der Waals surface area contributed by atoms with Gasteiger partial charge in [-0.2, -0.15) is 0 Å². The number of amides is 1. The summed E-state index contributed by atoms with van der Waals surface area (Å²) in [5, 5.41) is 6.84. The number of methoxy groups -OCH3 is 2. The number of nitrogens with one attached hydrogen (secondary N) is 2. The zero-order valence-electron chi connectivity index (χ0n) is 16.8. The topological polar surface area (TPSA) is 72.5 Å². The van der Waals surface area contributed by atoms with Gasteiger partial charge in [-0.25, -0.2) is 4.98 Å². The second kappa shape index (κ2) is 9.11. The van der Waals surface area contributed by atoms with Crippen LogP contribution in [0.3, 0.4) is 0 Å². The number of hydrogen-bond acceptors (Lipinski definition) is 6. The molecule has 0 saturated heterocycles. The van der Waals surface area contributed by atoms with Crippen LogP contribution in [0.25, 0.3) is 20.8 Å². The molecule has 1 heterocycles. The fraction of sp³-hybridized carbons (Fsp3) is 0.0870. The molecule has 2 N–H and O–H groups in total. The van der Waals surface area contributed by atoms with Crippen LogP contribution in [-0.2, 0) is 0 Å². The third kappa shape index (κ3) is 4.82. The molecule has 31 heavy (non-hydrogen) atoms. The minimum atomic E-state index is -0.360. The van der Waals surface area contributed by atoms with E-state index in [2.05, 4.69) is 21.7 Å². The average molecular weight is 450 g/mol. The molecule has 0 aliphatic heterocycles. The highest BCUT2D eigenvalue weighted by Crippen LogP contribution is 2.30. The summed E-state index contributed by atoms with van der Waals surface area (Å²) in [4.78, 5) is 17.2. The molecule has 0 atom stereocenters. The molecule has 0 spiro atoms. The number of thiocarbonyl (C=S) groups is 1. The Bertz CT molecular complexity index is 1200. The maximum absolute atomic E-state index is 12.5. The Labute approximate surface area is 188 Å². The van der Waals surface area contributed by atoms with Gasteiger partial charge in [0.05, 0.1) is 24.4 Å². The molecule has 1 amide bonds. The van der Waals surface area contributed by atoms with E-state index in [9.17, 15) is 4.79 Å². The van der Waals surface area contributed by atoms with Crippen LogP contribution in [0.15, 0.2) is 66.7 Å². The fourth-order valence-corrected chi connectivity index (χ4v) is 4.15. The van der Waals surface area contributed by atoms with Crippen molar-refractivity contribution in [3.8, 4) is 22.1 Å². The Morgan fingerprint density at radius 1 is 0.968 bits per heavy atom. The molecular weight excluding hydrogens is 430 g/mol. The second-order valence-corrected chi connectivity index (χ2v) is 8.01. The lowest BCUT2D eigenvalue weighted by Crippen LogP contribution is -2.34. The SMILES string of the molecule is COc1cc(OC)cc(C(=O)NC(=S)Nc2ccc(-c3nc4ccccc4s3)cc2)c1. The van der Waals surface area contributed by atoms with Crippen molar-refractivity contribution in [1.82, 2.24) is 10.3 Å². The number of anilines is 1. The third-order valence-corrected chi connectivity index (χ3v) is 5.81. The Kier molecular flexibility index (Phi) is 6.11. The molecule has 6 nitrogen and oxygen atoms in total. The normalized spacial score (nSPS) is 10.5. The zero-order valence-corrected chi connectivity index (χ0v) is 18.5. The van der Waals surface area contributed by atoms with Crippen molar-refractivity contribution in [1.29, 1.82) is 0 Å². The van der Waals surface area contributed by atoms with Gasteiger partial charge in [0.15, 0.2) is 5.11 Å². The predicted molar refractivity (Wildman–Crippen MR) is 128 cm³/mol. The predicted octanol–water partition coefficient (Wildman–Crippen LogP) is 5.11. The van der Waals surface area contributed by atoms with E-state index >= 15 is 0 Å². The van der Waals surface area contributed by atoms with Gasteiger partial charge in [0.25, 0.3) is 5.91 Å². The first kappa shape index (κ1) is 20.8. The van der Waals surface area contributed by atoms with Crippen molar-refractivity contribution in [3.05, 3.63) is 72.3 Å². The van der Waals surface area contributed by atoms with Crippen LogP contribution >= 0.6 is 23.6 Å². The first-order valence-corrected chi connectivity index (χ1v) is 10.6. The van der Waals surface area contributed by atoms with Gasteiger partial charge in [-0.1, -0.05) is 12.1 Å². The second-order valence-electron chi connectivity index (χ2n) is 6.57. The number of aromatic nitrogens is 1. The Morgan fingerprint density at radius 2 is 1.65 bits per heavy atom. The van der Waals surface area contributed by atoms with Crippen LogP contribution in [0.1, 0.15) is 10.4 Å². The molecule has 0 radical (unpaired) electrons. The van der Waals surface area contributed by atoms with E-state index in [-0.39, 0.29) is 11.0 Å². The van der Waals surface area contributed by atoms with Crippen LogP contribution in [0, 0.1) is 0 Å². The molecule has 0 unspecified atom stereocenters. The molecule has 4 rings (SSSR count). The smallest absolute Gasteiger partial charge is 0.257 e. The van der Waals surface area contributed by atoms with E-state index in [1.165, 1.54) is 14.2 Å². The standard InChI is InChI=1S/C23H19N3O3S2/c1-28-17-11-15(12-18(13-17)29-2)21(27)26-23(30)24-16-9-7-14(8-10-16)22-25-19-5-3-4-6-20(19)31-22/h3-13H,1-2H3,(H2,24,26,27,30). The maximum Gasteiger partial charge on any atom is 0.257 e. The van der Waals surface area contributed by atoms with Crippen LogP contribution < -0.4 is 20.1 Å². The van der Waals surface area contributed by atoms with E-state index in [0.29, 0.717) is 17.1 Å². The minimum Gasteiger partial charge on any atom is -0.497 e. The number of fused-ring (bicyclic) bond motifs is 1. The van der Waals surface area contributed by atoms with Crippen LogP contribution in [0.5, 0.6) is 11.5 Å². The van der Waals surface area contributed by atoms with E-state index < -0.39 is 0 Å². The van der Waals surface area contributed by atoms with Gasteiger partial charge in [0.2, 0.25) is 0 Å². The molecule has 0 fully saturated rings. The van der Waals surface area contributed by atoms with Crippen LogP contribution in [0.4, 0.5) is 5.69 Å². The number of hydrogen-bond donors (Lipinski definition) is 2. The fourth-order valence-electron chi connectivity index (χ4n) is 2.97. The number of thiazole rings is 1. The summed E-state index contributed by atoms with van der Waals surface area (Å²) in [6, 6.07) is 20.7. The van der Waals surface area contributed by atoms with Crippen molar-refractivity contribution in [3.63, 3.8) is 0 Å². The lowest BCUT2D eigenvalue weighted by atomic mass is 10.2. The Hall–Kier alpha value is -3.49. The summed E-state index contributed by atoms with van der Waals surface area (Å²) >= 11 is 6.94. The molecule has 0 bridgehead atoms. The van der Waals surface area contributed by atoms with Crippen molar-refractivity contribution in [2.24, 2.45) is 0 Å². The molecule has 4 aromatic rings. The molecular formula is C23H19N3O3S2. The number of nitrogens with zero attached hydrogens (tertiary/aromatic N) is 1. The summed E-state index contributed by atoms with van der Waals surface area (Å²) in [6.45, 7) is 0. The average Bonchev–Trinajstić information content (AvgIpc) is 3.23. The number of para-hydroxylation sites is 1. The number of benzene rings is 3. The van der Waals surface area contributed by atoms with E-state index in [4.69, 9.17) is 21.7 Å². The Morgan fingerprint density at radius 3 is 2.29 bits per heavy atom. The first-order chi connectivity index (χ1) is 15.1. The number of carbonyl (C=O) groups excluding carboxylic acids is 1. The van der Waals surface area contributed by atoms with E-state index in [1.807, 2.05) is 42.5 Å². The lowest BCUT2D eigenvalue weighted by Gasteiger charge is -2.11. The number of carbonyl (C=O) groups is 1. The van der Waals surface area contributed by atoms with Crippen LogP contribution in [0.2, 0.25) is 0 Å². The van der Waals surface area contributed by atoms with Gasteiger partial charge >= 0.3 is 0 Å². The van der Waals surface area contributed by atoms with Crippen molar-refractivity contribution >= 4 is 50.5 Å². The highest BCUT2D eigenvalue weighted by Gasteiger charge is 2.12. The zero-order chi connectivity index (χ0) is 21.8. The first-order valence-electron chi connectivity index (χ1n) is 9.37. The summed E-state index contributed by atoms with van der Waals surface area (Å²) in [5.74, 6) is 0.684. The monoisotopic (exact) mass is 449 g/mol. The molecule has 0 saturated carbocycles. The van der Waals surface area contributed by atoms with Gasteiger partial charge in [-0.3, -0.25) is 10.1 Å².